The first-order chi connectivity index (χ1) is 12.3. The average Bonchev–Trinajstić information content (AvgIpc) is 3.29. The Balaban J connectivity index is 1.46. The quantitative estimate of drug-likeness (QED) is 0.891. The highest BCUT2D eigenvalue weighted by molar-refractivity contribution is 5.78. The summed E-state index contributed by atoms with van der Waals surface area (Å²) in [5, 5.41) is 7.45. The highest BCUT2D eigenvalue weighted by Crippen LogP contribution is 2.22. The Labute approximate surface area is 147 Å². The predicted molar refractivity (Wildman–Crippen MR) is 91.4 cm³/mol. The maximum atomic E-state index is 12.8. The number of nitrogens with one attached hydrogen (secondary N) is 1. The summed E-state index contributed by atoms with van der Waals surface area (Å²) in [6, 6.07) is 6.27. The van der Waals surface area contributed by atoms with Crippen LogP contribution in [0.4, 0.5) is 0 Å². The number of hydrogen-bond donors (Lipinski definition) is 1. The van der Waals surface area contributed by atoms with Crippen molar-refractivity contribution in [1.82, 2.24) is 25.0 Å². The van der Waals surface area contributed by atoms with Gasteiger partial charge in [0.2, 0.25) is 5.91 Å². The Kier molecular flexibility index (Phi) is 4.76. The zero-order chi connectivity index (χ0) is 17.1. The van der Waals surface area contributed by atoms with Gasteiger partial charge < -0.3 is 10.1 Å². The first-order valence-corrected chi connectivity index (χ1v) is 8.78. The van der Waals surface area contributed by atoms with Gasteiger partial charge in [-0.25, -0.2) is 0 Å². The lowest BCUT2D eigenvalue weighted by molar-refractivity contribution is -0.126. The molecule has 1 amide bonds. The topological polar surface area (TPSA) is 72.3 Å². The normalized spacial score (nSPS) is 23.8. The maximum absolute atomic E-state index is 12.8. The fourth-order valence-corrected chi connectivity index (χ4v) is 3.57. The van der Waals surface area contributed by atoms with E-state index in [1.165, 1.54) is 0 Å². The van der Waals surface area contributed by atoms with Crippen LogP contribution in [-0.2, 0) is 29.2 Å². The van der Waals surface area contributed by atoms with Crippen molar-refractivity contribution in [2.24, 2.45) is 5.92 Å². The first kappa shape index (κ1) is 16.2. The van der Waals surface area contributed by atoms with Crippen molar-refractivity contribution in [2.75, 3.05) is 19.8 Å². The van der Waals surface area contributed by atoms with E-state index >= 15 is 0 Å². The predicted octanol–water partition coefficient (Wildman–Crippen LogP) is 0.815. The van der Waals surface area contributed by atoms with Crippen molar-refractivity contribution in [3.63, 3.8) is 0 Å². The molecule has 2 aliphatic rings. The molecule has 1 fully saturated rings. The molecule has 2 aromatic rings. The van der Waals surface area contributed by atoms with Crippen molar-refractivity contribution in [1.29, 1.82) is 0 Å². The highest BCUT2D eigenvalue weighted by Gasteiger charge is 2.32. The molecule has 0 saturated carbocycles. The summed E-state index contributed by atoms with van der Waals surface area (Å²) in [5.41, 5.74) is 2.17. The van der Waals surface area contributed by atoms with E-state index in [0.29, 0.717) is 19.1 Å². The molecule has 1 saturated heterocycles. The molecule has 2 aliphatic heterocycles. The monoisotopic (exact) mass is 341 g/mol. The van der Waals surface area contributed by atoms with Crippen LogP contribution >= 0.6 is 0 Å². The van der Waals surface area contributed by atoms with Crippen LogP contribution < -0.4 is 5.32 Å². The van der Waals surface area contributed by atoms with E-state index in [-0.39, 0.29) is 11.8 Å². The molecule has 132 valence electrons. The average molecular weight is 341 g/mol. The molecular formula is C18H23N5O2. The Morgan fingerprint density at radius 3 is 3.08 bits per heavy atom. The molecule has 7 heteroatoms. The van der Waals surface area contributed by atoms with Gasteiger partial charge in [-0.1, -0.05) is 6.07 Å². The molecule has 2 atom stereocenters. The number of ether oxygens (including phenoxy) is 1. The smallest absolute Gasteiger partial charge is 0.226 e. The summed E-state index contributed by atoms with van der Waals surface area (Å²) < 4.78 is 7.51. The lowest BCUT2D eigenvalue weighted by Gasteiger charge is -2.28. The van der Waals surface area contributed by atoms with Gasteiger partial charge in [-0.05, 0) is 24.1 Å². The van der Waals surface area contributed by atoms with Crippen molar-refractivity contribution >= 4 is 5.91 Å². The second-order valence-corrected chi connectivity index (χ2v) is 6.73. The number of fused-ring (bicyclic) bond motifs is 1. The molecule has 2 aromatic heterocycles. The minimum atomic E-state index is -0.126. The minimum Gasteiger partial charge on any atom is -0.380 e. The first-order valence-electron chi connectivity index (χ1n) is 8.78. The molecule has 0 aromatic carbocycles. The number of aromatic nitrogens is 3. The van der Waals surface area contributed by atoms with E-state index in [4.69, 9.17) is 4.74 Å². The van der Waals surface area contributed by atoms with Gasteiger partial charge in [-0.3, -0.25) is 19.4 Å². The lowest BCUT2D eigenvalue weighted by Crippen LogP contribution is -2.42. The van der Waals surface area contributed by atoms with Gasteiger partial charge in [0.05, 0.1) is 24.8 Å². The number of pyridine rings is 1. The van der Waals surface area contributed by atoms with Crippen molar-refractivity contribution in [3.05, 3.63) is 48.0 Å². The Morgan fingerprint density at radius 1 is 1.32 bits per heavy atom. The SMILES string of the molecule is O=C(NCc1cccnc1)C1CN(C2CCOC2)Cc2ccnn2C1. The van der Waals surface area contributed by atoms with Crippen LogP contribution in [0.15, 0.2) is 36.8 Å². The van der Waals surface area contributed by atoms with Crippen LogP contribution in [0.3, 0.4) is 0 Å². The number of nitrogens with zero attached hydrogens (tertiary/aromatic N) is 4. The summed E-state index contributed by atoms with van der Waals surface area (Å²) in [5.74, 6) is -0.0606. The number of hydrogen-bond acceptors (Lipinski definition) is 5. The Hall–Kier alpha value is -2.25. The summed E-state index contributed by atoms with van der Waals surface area (Å²) in [6.07, 6.45) is 6.35. The zero-order valence-electron chi connectivity index (χ0n) is 14.2. The molecule has 1 N–H and O–H groups in total. The number of rotatable bonds is 4. The summed E-state index contributed by atoms with van der Waals surface area (Å²) in [7, 11) is 0. The van der Waals surface area contributed by atoms with Crippen molar-refractivity contribution < 1.29 is 9.53 Å². The fraction of sp³-hybridized carbons (Fsp3) is 0.500. The van der Waals surface area contributed by atoms with Gasteiger partial charge in [-0.15, -0.1) is 0 Å². The Bertz CT molecular complexity index is 711. The second kappa shape index (κ2) is 7.33. The van der Waals surface area contributed by atoms with Gasteiger partial charge in [0, 0.05) is 50.9 Å². The molecule has 25 heavy (non-hydrogen) atoms. The number of amides is 1. The third-order valence-corrected chi connectivity index (χ3v) is 5.00. The van der Waals surface area contributed by atoms with E-state index in [9.17, 15) is 4.79 Å². The van der Waals surface area contributed by atoms with Gasteiger partial charge in [0.1, 0.15) is 0 Å². The molecule has 0 bridgehead atoms. The third-order valence-electron chi connectivity index (χ3n) is 5.00. The third kappa shape index (κ3) is 3.72. The molecule has 2 unspecified atom stereocenters. The minimum absolute atomic E-state index is 0.0659. The van der Waals surface area contributed by atoms with E-state index in [0.717, 1.165) is 44.0 Å². The van der Waals surface area contributed by atoms with E-state index in [2.05, 4.69) is 20.3 Å². The van der Waals surface area contributed by atoms with Crippen LogP contribution in [-0.4, -0.2) is 51.4 Å². The van der Waals surface area contributed by atoms with Gasteiger partial charge in [0.25, 0.3) is 0 Å². The van der Waals surface area contributed by atoms with Crippen LogP contribution in [0.25, 0.3) is 0 Å². The van der Waals surface area contributed by atoms with Crippen molar-refractivity contribution in [2.45, 2.75) is 32.1 Å². The fourth-order valence-electron chi connectivity index (χ4n) is 3.57. The van der Waals surface area contributed by atoms with E-state index in [1.807, 2.05) is 29.1 Å². The summed E-state index contributed by atoms with van der Waals surface area (Å²) >= 11 is 0. The van der Waals surface area contributed by atoms with E-state index < -0.39 is 0 Å². The molecule has 0 aliphatic carbocycles. The van der Waals surface area contributed by atoms with E-state index in [1.54, 1.807) is 12.4 Å². The zero-order valence-corrected chi connectivity index (χ0v) is 14.2. The molecule has 0 spiro atoms. The molecule has 4 heterocycles. The molecule has 4 rings (SSSR count). The van der Waals surface area contributed by atoms with Gasteiger partial charge >= 0.3 is 0 Å². The van der Waals surface area contributed by atoms with Gasteiger partial charge in [-0.2, -0.15) is 5.10 Å². The number of carbonyl (C=O) groups is 1. The Morgan fingerprint density at radius 2 is 2.28 bits per heavy atom. The van der Waals surface area contributed by atoms with Crippen LogP contribution in [0.1, 0.15) is 17.7 Å². The molecule has 7 nitrogen and oxygen atoms in total. The highest BCUT2D eigenvalue weighted by atomic mass is 16.5. The van der Waals surface area contributed by atoms with Crippen LogP contribution in [0.5, 0.6) is 0 Å². The summed E-state index contributed by atoms with van der Waals surface area (Å²) in [4.78, 5) is 19.3. The number of carbonyl (C=O) groups excluding carboxylic acids is 1. The van der Waals surface area contributed by atoms with Gasteiger partial charge in [0.15, 0.2) is 0 Å². The molecule has 0 radical (unpaired) electrons. The van der Waals surface area contributed by atoms with Crippen LogP contribution in [0.2, 0.25) is 0 Å². The van der Waals surface area contributed by atoms with Crippen molar-refractivity contribution in [3.8, 4) is 0 Å². The molecular weight excluding hydrogens is 318 g/mol. The lowest BCUT2D eigenvalue weighted by atomic mass is 10.1. The maximum Gasteiger partial charge on any atom is 0.226 e. The van der Waals surface area contributed by atoms with Crippen LogP contribution in [0, 0.1) is 5.92 Å². The summed E-state index contributed by atoms with van der Waals surface area (Å²) in [6.45, 7) is 4.22. The standard InChI is InChI=1S/C18H23N5O2/c24-18(20-9-14-2-1-5-19-8-14)15-10-22(17-4-7-25-13-17)12-16-3-6-21-23(16)11-15/h1-3,5-6,8,15,17H,4,7,9-13H2,(H,20,24). The second-order valence-electron chi connectivity index (χ2n) is 6.73. The largest absolute Gasteiger partial charge is 0.380 e.